The van der Waals surface area contributed by atoms with E-state index in [-0.39, 0.29) is 5.76 Å². The van der Waals surface area contributed by atoms with E-state index in [0.717, 1.165) is 21.2 Å². The number of amides is 1. The van der Waals surface area contributed by atoms with Gasteiger partial charge >= 0.3 is 5.91 Å². The van der Waals surface area contributed by atoms with Gasteiger partial charge in [-0.15, -0.1) is 0 Å². The fourth-order valence-corrected chi connectivity index (χ4v) is 3.28. The minimum absolute atomic E-state index is 0.163. The highest BCUT2D eigenvalue weighted by Gasteiger charge is 2.13. The first-order valence-corrected chi connectivity index (χ1v) is 9.85. The Morgan fingerprint density at radius 3 is 2.69 bits per heavy atom. The predicted octanol–water partition coefficient (Wildman–Crippen LogP) is 4.77. The maximum absolute atomic E-state index is 12.3. The first kappa shape index (κ1) is 20.7. The first-order chi connectivity index (χ1) is 14.0. The Labute approximate surface area is 176 Å². The summed E-state index contributed by atoms with van der Waals surface area (Å²) in [7, 11) is 1.56. The van der Waals surface area contributed by atoms with Crippen molar-refractivity contribution in [1.82, 2.24) is 5.43 Å². The fourth-order valence-electron chi connectivity index (χ4n) is 2.71. The molecule has 0 unspecified atom stereocenters. The highest BCUT2D eigenvalue weighted by atomic mass is 79.9. The largest absolute Gasteiger partial charge is 0.494 e. The van der Waals surface area contributed by atoms with Crippen molar-refractivity contribution >= 4 is 39.0 Å². The molecule has 0 radical (unpaired) electrons. The minimum atomic E-state index is -0.452. The normalized spacial score (nSPS) is 11.0. The SMILES string of the molecule is CCOc1ccc2oc(C(=O)N/N=C/c3cc(Br)c(OCC)c(OC)c3)cc2c1. The van der Waals surface area contributed by atoms with Gasteiger partial charge in [0.2, 0.25) is 0 Å². The van der Waals surface area contributed by atoms with Crippen LogP contribution in [0.2, 0.25) is 0 Å². The lowest BCUT2D eigenvalue weighted by Crippen LogP contribution is -2.16. The molecule has 0 saturated heterocycles. The van der Waals surface area contributed by atoms with E-state index in [0.29, 0.717) is 30.3 Å². The van der Waals surface area contributed by atoms with Crippen LogP contribution >= 0.6 is 15.9 Å². The zero-order valence-corrected chi connectivity index (χ0v) is 17.9. The van der Waals surface area contributed by atoms with Gasteiger partial charge in [0, 0.05) is 5.39 Å². The molecule has 0 aliphatic rings. The van der Waals surface area contributed by atoms with Crippen LogP contribution in [0.3, 0.4) is 0 Å². The van der Waals surface area contributed by atoms with E-state index >= 15 is 0 Å². The molecule has 0 saturated carbocycles. The summed E-state index contributed by atoms with van der Waals surface area (Å²) in [6, 6.07) is 10.6. The number of hydrogen-bond acceptors (Lipinski definition) is 6. The third-order valence-corrected chi connectivity index (χ3v) is 4.53. The van der Waals surface area contributed by atoms with Crippen LogP contribution < -0.4 is 19.6 Å². The van der Waals surface area contributed by atoms with E-state index in [1.165, 1.54) is 6.21 Å². The predicted molar refractivity (Wildman–Crippen MR) is 114 cm³/mol. The van der Waals surface area contributed by atoms with E-state index in [1.807, 2.05) is 26.0 Å². The molecule has 7 nitrogen and oxygen atoms in total. The van der Waals surface area contributed by atoms with E-state index in [4.69, 9.17) is 18.6 Å². The van der Waals surface area contributed by atoms with Crippen LogP contribution in [0.5, 0.6) is 17.2 Å². The molecule has 29 heavy (non-hydrogen) atoms. The van der Waals surface area contributed by atoms with Gasteiger partial charge in [-0.2, -0.15) is 5.10 Å². The molecule has 0 spiro atoms. The second kappa shape index (κ2) is 9.47. The van der Waals surface area contributed by atoms with E-state index in [9.17, 15) is 4.79 Å². The maximum Gasteiger partial charge on any atom is 0.307 e. The summed E-state index contributed by atoms with van der Waals surface area (Å²) in [5.41, 5.74) is 3.79. The van der Waals surface area contributed by atoms with Gasteiger partial charge < -0.3 is 18.6 Å². The molecule has 3 rings (SSSR count). The van der Waals surface area contributed by atoms with Crippen molar-refractivity contribution in [3.8, 4) is 17.2 Å². The molecule has 1 N–H and O–H groups in total. The van der Waals surface area contributed by atoms with Crippen LogP contribution in [0.4, 0.5) is 0 Å². The summed E-state index contributed by atoms with van der Waals surface area (Å²) < 4.78 is 22.7. The van der Waals surface area contributed by atoms with E-state index < -0.39 is 5.91 Å². The number of carbonyl (C=O) groups excluding carboxylic acids is 1. The van der Waals surface area contributed by atoms with Gasteiger partial charge in [0.1, 0.15) is 11.3 Å². The number of fused-ring (bicyclic) bond motifs is 1. The highest BCUT2D eigenvalue weighted by molar-refractivity contribution is 9.10. The van der Waals surface area contributed by atoms with Crippen LogP contribution in [0.25, 0.3) is 11.0 Å². The molecule has 152 valence electrons. The molecule has 0 aliphatic heterocycles. The Bertz CT molecular complexity index is 1040. The van der Waals surface area contributed by atoms with Gasteiger partial charge in [-0.1, -0.05) is 0 Å². The molecule has 1 heterocycles. The summed E-state index contributed by atoms with van der Waals surface area (Å²) in [6.45, 7) is 4.89. The average molecular weight is 461 g/mol. The third-order valence-electron chi connectivity index (χ3n) is 3.94. The number of benzene rings is 2. The monoisotopic (exact) mass is 460 g/mol. The Balaban J connectivity index is 1.72. The number of furan rings is 1. The average Bonchev–Trinajstić information content (AvgIpc) is 3.13. The zero-order chi connectivity index (χ0) is 20.8. The van der Waals surface area contributed by atoms with Crippen molar-refractivity contribution in [2.75, 3.05) is 20.3 Å². The van der Waals surface area contributed by atoms with Gasteiger partial charge in [0.05, 0.1) is 31.0 Å². The van der Waals surface area contributed by atoms with Crippen molar-refractivity contribution in [2.45, 2.75) is 13.8 Å². The molecular weight excluding hydrogens is 440 g/mol. The molecule has 3 aromatic rings. The first-order valence-electron chi connectivity index (χ1n) is 9.05. The Hall–Kier alpha value is -3.00. The van der Waals surface area contributed by atoms with Crippen LogP contribution in [0.15, 0.2) is 50.4 Å². The lowest BCUT2D eigenvalue weighted by atomic mass is 10.2. The molecule has 1 aromatic heterocycles. The van der Waals surface area contributed by atoms with E-state index in [2.05, 4.69) is 26.5 Å². The molecular formula is C21H21BrN2O5. The van der Waals surface area contributed by atoms with Gasteiger partial charge in [-0.3, -0.25) is 4.79 Å². The van der Waals surface area contributed by atoms with E-state index in [1.54, 1.807) is 31.4 Å². The maximum atomic E-state index is 12.3. The number of nitrogens with one attached hydrogen (secondary N) is 1. The second-order valence-corrected chi connectivity index (χ2v) is 6.76. The number of halogens is 1. The number of hydrazone groups is 1. The molecule has 0 aliphatic carbocycles. The fraction of sp³-hybridized carbons (Fsp3) is 0.238. The number of ether oxygens (including phenoxy) is 3. The summed E-state index contributed by atoms with van der Waals surface area (Å²) >= 11 is 3.45. The molecule has 0 atom stereocenters. The zero-order valence-electron chi connectivity index (χ0n) is 16.3. The smallest absolute Gasteiger partial charge is 0.307 e. The quantitative estimate of drug-likeness (QED) is 0.386. The standard InChI is InChI=1S/C21H21BrN2O5/c1-4-27-15-6-7-17-14(10-15)11-19(29-17)21(25)24-23-12-13-8-16(22)20(28-5-2)18(9-13)26-3/h6-12H,4-5H2,1-3H3,(H,24,25)/b23-12+. The number of nitrogens with zero attached hydrogens (tertiary/aromatic N) is 1. The molecule has 0 fully saturated rings. The third kappa shape index (κ3) is 4.89. The minimum Gasteiger partial charge on any atom is -0.494 e. The second-order valence-electron chi connectivity index (χ2n) is 5.91. The molecule has 8 heteroatoms. The Kier molecular flexibility index (Phi) is 6.77. The lowest BCUT2D eigenvalue weighted by Gasteiger charge is -2.11. The van der Waals surface area contributed by atoms with Crippen molar-refractivity contribution in [2.24, 2.45) is 5.10 Å². The number of carbonyl (C=O) groups is 1. The summed E-state index contributed by atoms with van der Waals surface area (Å²) in [5.74, 6) is 1.62. The molecule has 2 aromatic carbocycles. The number of rotatable bonds is 8. The Morgan fingerprint density at radius 1 is 1.17 bits per heavy atom. The Morgan fingerprint density at radius 2 is 1.97 bits per heavy atom. The summed E-state index contributed by atoms with van der Waals surface area (Å²) in [5, 5.41) is 4.78. The summed E-state index contributed by atoms with van der Waals surface area (Å²) in [4.78, 5) is 12.3. The molecule has 0 bridgehead atoms. The van der Waals surface area contributed by atoms with Crippen LogP contribution in [-0.2, 0) is 0 Å². The van der Waals surface area contributed by atoms with Crippen LogP contribution in [0.1, 0.15) is 30.0 Å². The summed E-state index contributed by atoms with van der Waals surface area (Å²) in [6.07, 6.45) is 1.51. The number of hydrogen-bond donors (Lipinski definition) is 1. The van der Waals surface area contributed by atoms with Crippen LogP contribution in [-0.4, -0.2) is 32.4 Å². The van der Waals surface area contributed by atoms with Crippen molar-refractivity contribution in [1.29, 1.82) is 0 Å². The number of methoxy groups -OCH3 is 1. The van der Waals surface area contributed by atoms with Crippen molar-refractivity contribution in [3.63, 3.8) is 0 Å². The topological polar surface area (TPSA) is 82.3 Å². The van der Waals surface area contributed by atoms with Gasteiger partial charge in [0.15, 0.2) is 17.3 Å². The lowest BCUT2D eigenvalue weighted by molar-refractivity contribution is 0.0929. The van der Waals surface area contributed by atoms with Gasteiger partial charge in [-0.25, -0.2) is 5.43 Å². The van der Waals surface area contributed by atoms with Gasteiger partial charge in [-0.05, 0) is 71.7 Å². The van der Waals surface area contributed by atoms with Crippen molar-refractivity contribution in [3.05, 3.63) is 52.2 Å². The molecule has 1 amide bonds. The van der Waals surface area contributed by atoms with Crippen LogP contribution in [0, 0.1) is 0 Å². The highest BCUT2D eigenvalue weighted by Crippen LogP contribution is 2.36. The van der Waals surface area contributed by atoms with Crippen molar-refractivity contribution < 1.29 is 23.4 Å². The van der Waals surface area contributed by atoms with Gasteiger partial charge in [0.25, 0.3) is 0 Å².